The first kappa shape index (κ1) is 5.47. The molecule has 0 atom stereocenters. The van der Waals surface area contributed by atoms with Gasteiger partial charge in [0, 0.05) is 5.56 Å². The van der Waals surface area contributed by atoms with Crippen LogP contribution in [0.2, 0.25) is 0 Å². The van der Waals surface area contributed by atoms with Crippen molar-refractivity contribution in [3.8, 4) is 0 Å². The average Bonchev–Trinajstić information content (AvgIpc) is 2.34. The number of hydrogen-bond donors (Lipinski definition) is 0. The van der Waals surface area contributed by atoms with E-state index >= 15 is 0 Å². The molecule has 2 heteroatoms. The van der Waals surface area contributed by atoms with Gasteiger partial charge in [-0.2, -0.15) is 0 Å². The zero-order chi connectivity index (χ0) is 6.97. The quantitative estimate of drug-likeness (QED) is 0.516. The van der Waals surface area contributed by atoms with E-state index in [0.29, 0.717) is 5.56 Å². The maximum absolute atomic E-state index is 12.7. The molecular weight excluding hydrogens is 129 g/mol. The Morgan fingerprint density at radius 3 is 2.80 bits per heavy atom. The number of nitrogens with zero attached hydrogens (tertiary/aromatic N) is 1. The molecule has 1 aliphatic heterocycles. The van der Waals surface area contributed by atoms with Crippen molar-refractivity contribution in [3.05, 3.63) is 36.0 Å². The van der Waals surface area contributed by atoms with Crippen molar-refractivity contribution < 1.29 is 4.39 Å². The van der Waals surface area contributed by atoms with Crippen LogP contribution in [0.5, 0.6) is 0 Å². The monoisotopic (exact) mass is 134 g/mol. The highest BCUT2D eigenvalue weighted by Crippen LogP contribution is 2.29. The van der Waals surface area contributed by atoms with Crippen LogP contribution < -0.4 is 5.32 Å². The number of halogens is 1. The first-order chi connectivity index (χ1) is 4.88. The molecule has 0 aromatic heterocycles. The summed E-state index contributed by atoms with van der Waals surface area (Å²) in [5.74, 6) is -0.240. The van der Waals surface area contributed by atoms with Gasteiger partial charge in [-0.3, -0.25) is 5.32 Å². The molecule has 1 aliphatic rings. The second-order valence-corrected chi connectivity index (χ2v) is 2.12. The summed E-state index contributed by atoms with van der Waals surface area (Å²) in [6.45, 7) is 0. The highest BCUT2D eigenvalue weighted by molar-refractivity contribution is 5.74. The standard InChI is InChI=1S/C8H5FN/c9-7-5-10-8-4-2-1-3-6(7)8/h1-5H. The average molecular weight is 134 g/mol. The fourth-order valence-electron chi connectivity index (χ4n) is 0.984. The van der Waals surface area contributed by atoms with Crippen molar-refractivity contribution in [2.24, 2.45) is 0 Å². The predicted octanol–water partition coefficient (Wildman–Crippen LogP) is 2.20. The molecule has 1 radical (unpaired) electrons. The fraction of sp³-hybridized carbons (Fsp3) is 0. The Morgan fingerprint density at radius 1 is 1.20 bits per heavy atom. The van der Waals surface area contributed by atoms with Crippen LogP contribution in [0.1, 0.15) is 5.56 Å². The molecule has 2 rings (SSSR count). The Labute approximate surface area is 58.2 Å². The van der Waals surface area contributed by atoms with Crippen molar-refractivity contribution in [3.63, 3.8) is 0 Å². The Kier molecular flexibility index (Phi) is 1.01. The van der Waals surface area contributed by atoms with Gasteiger partial charge in [-0.1, -0.05) is 12.1 Å². The highest BCUT2D eigenvalue weighted by Gasteiger charge is 2.12. The summed E-state index contributed by atoms with van der Waals surface area (Å²) in [5.41, 5.74) is 1.32. The Hall–Kier alpha value is -1.31. The zero-order valence-electron chi connectivity index (χ0n) is 5.21. The maximum Gasteiger partial charge on any atom is 0.150 e. The van der Waals surface area contributed by atoms with Gasteiger partial charge in [0.25, 0.3) is 0 Å². The van der Waals surface area contributed by atoms with Gasteiger partial charge >= 0.3 is 0 Å². The van der Waals surface area contributed by atoms with Gasteiger partial charge in [0.2, 0.25) is 0 Å². The van der Waals surface area contributed by atoms with E-state index in [9.17, 15) is 4.39 Å². The van der Waals surface area contributed by atoms with Gasteiger partial charge in [-0.05, 0) is 12.1 Å². The van der Waals surface area contributed by atoms with Gasteiger partial charge < -0.3 is 0 Å². The molecule has 0 fully saturated rings. The van der Waals surface area contributed by atoms with E-state index in [2.05, 4.69) is 5.32 Å². The summed E-state index contributed by atoms with van der Waals surface area (Å²) in [4.78, 5) is 0. The van der Waals surface area contributed by atoms with Crippen molar-refractivity contribution in [2.75, 3.05) is 0 Å². The molecule has 1 heterocycles. The molecular formula is C8H5FN. The van der Waals surface area contributed by atoms with Gasteiger partial charge in [-0.15, -0.1) is 0 Å². The zero-order valence-corrected chi connectivity index (χ0v) is 5.21. The van der Waals surface area contributed by atoms with E-state index in [1.54, 1.807) is 18.2 Å². The second kappa shape index (κ2) is 1.84. The van der Waals surface area contributed by atoms with Crippen LogP contribution in [-0.2, 0) is 0 Å². The fourth-order valence-corrected chi connectivity index (χ4v) is 0.984. The lowest BCUT2D eigenvalue weighted by atomic mass is 10.2. The van der Waals surface area contributed by atoms with Crippen molar-refractivity contribution in [2.45, 2.75) is 0 Å². The highest BCUT2D eigenvalue weighted by atomic mass is 19.1. The summed E-state index contributed by atoms with van der Waals surface area (Å²) < 4.78 is 12.7. The van der Waals surface area contributed by atoms with Crippen LogP contribution in [0.25, 0.3) is 5.83 Å². The second-order valence-electron chi connectivity index (χ2n) is 2.12. The maximum atomic E-state index is 12.7. The van der Waals surface area contributed by atoms with Crippen molar-refractivity contribution >= 4 is 11.5 Å². The Balaban J connectivity index is 2.61. The molecule has 10 heavy (non-hydrogen) atoms. The van der Waals surface area contributed by atoms with Crippen molar-refractivity contribution in [1.82, 2.24) is 5.32 Å². The topological polar surface area (TPSA) is 14.1 Å². The van der Waals surface area contributed by atoms with E-state index in [1.165, 1.54) is 6.20 Å². The molecule has 0 unspecified atom stereocenters. The SMILES string of the molecule is FC1=C[N]c2ccccc21. The number of rotatable bonds is 0. The molecule has 0 saturated carbocycles. The predicted molar refractivity (Wildman–Crippen MR) is 37.3 cm³/mol. The number of para-hydroxylation sites is 1. The lowest BCUT2D eigenvalue weighted by molar-refractivity contribution is 0.762. The Bertz CT molecular complexity index is 291. The minimum atomic E-state index is -0.240. The van der Waals surface area contributed by atoms with Crippen LogP contribution in [0, 0.1) is 0 Å². The van der Waals surface area contributed by atoms with Gasteiger partial charge in [-0.25, -0.2) is 4.39 Å². The first-order valence-electron chi connectivity index (χ1n) is 3.04. The third-order valence-electron chi connectivity index (χ3n) is 1.48. The summed E-state index contributed by atoms with van der Waals surface area (Å²) in [6, 6.07) is 7.15. The molecule has 0 aliphatic carbocycles. The third-order valence-corrected chi connectivity index (χ3v) is 1.48. The first-order valence-corrected chi connectivity index (χ1v) is 3.04. The molecule has 1 nitrogen and oxygen atoms in total. The van der Waals surface area contributed by atoms with Crippen LogP contribution in [0.4, 0.5) is 10.1 Å². The van der Waals surface area contributed by atoms with Crippen LogP contribution in [0.3, 0.4) is 0 Å². The number of benzene rings is 1. The molecule has 0 saturated heterocycles. The Morgan fingerprint density at radius 2 is 2.00 bits per heavy atom. The lowest BCUT2D eigenvalue weighted by Crippen LogP contribution is -1.78. The molecule has 0 spiro atoms. The molecule has 0 bridgehead atoms. The molecule has 49 valence electrons. The summed E-state index contributed by atoms with van der Waals surface area (Å²) in [5, 5.41) is 3.84. The molecule has 0 N–H and O–H groups in total. The van der Waals surface area contributed by atoms with Crippen LogP contribution >= 0.6 is 0 Å². The molecule has 1 aromatic rings. The van der Waals surface area contributed by atoms with E-state index < -0.39 is 0 Å². The minimum absolute atomic E-state index is 0.240. The minimum Gasteiger partial charge on any atom is -0.253 e. The smallest absolute Gasteiger partial charge is 0.150 e. The summed E-state index contributed by atoms with van der Waals surface area (Å²) >= 11 is 0. The number of hydrogen-bond acceptors (Lipinski definition) is 0. The van der Waals surface area contributed by atoms with Crippen LogP contribution in [0.15, 0.2) is 30.5 Å². The van der Waals surface area contributed by atoms with Gasteiger partial charge in [0.15, 0.2) is 5.83 Å². The van der Waals surface area contributed by atoms with Crippen molar-refractivity contribution in [1.29, 1.82) is 0 Å². The summed E-state index contributed by atoms with van der Waals surface area (Å²) in [7, 11) is 0. The van der Waals surface area contributed by atoms with E-state index in [0.717, 1.165) is 5.69 Å². The van der Waals surface area contributed by atoms with E-state index in [-0.39, 0.29) is 5.83 Å². The number of fused-ring (bicyclic) bond motifs is 1. The van der Waals surface area contributed by atoms with Gasteiger partial charge in [0.1, 0.15) is 0 Å². The summed E-state index contributed by atoms with van der Waals surface area (Å²) in [6.07, 6.45) is 1.24. The largest absolute Gasteiger partial charge is 0.253 e. The third kappa shape index (κ3) is 0.620. The molecule has 0 amide bonds. The van der Waals surface area contributed by atoms with E-state index in [1.807, 2.05) is 6.07 Å². The normalized spacial score (nSPS) is 13.9. The molecule has 1 aromatic carbocycles. The van der Waals surface area contributed by atoms with Crippen LogP contribution in [-0.4, -0.2) is 0 Å². The van der Waals surface area contributed by atoms with Gasteiger partial charge in [0.05, 0.1) is 11.9 Å². The lowest BCUT2D eigenvalue weighted by Gasteiger charge is -1.93. The van der Waals surface area contributed by atoms with E-state index in [4.69, 9.17) is 0 Å².